The number of ether oxygens (including phenoxy) is 2. The zero-order valence-corrected chi connectivity index (χ0v) is 16.3. The van der Waals surface area contributed by atoms with Gasteiger partial charge in [0, 0.05) is 17.1 Å². The van der Waals surface area contributed by atoms with Gasteiger partial charge in [0.2, 0.25) is 0 Å². The van der Waals surface area contributed by atoms with Gasteiger partial charge in [-0.2, -0.15) is 0 Å². The van der Waals surface area contributed by atoms with Crippen LogP contribution in [-0.2, 0) is 0 Å². The molecule has 5 nitrogen and oxygen atoms in total. The molecule has 26 heavy (non-hydrogen) atoms. The number of benzene rings is 2. The van der Waals surface area contributed by atoms with E-state index in [9.17, 15) is 4.79 Å². The number of likely N-dealkylation sites (N-methyl/N-ethyl adjacent to an activating group) is 1. The standard InChI is InChI=1S/C20H25ClN2O3/c1-5-26-18-11-10-14(12-19(18)25-4)20(24)22-13-17(23(2)3)15-8-6-7-9-16(15)21/h6-12,17H,5,13H2,1-4H3,(H,22,24). The molecule has 0 saturated heterocycles. The van der Waals surface area contributed by atoms with Crippen molar-refractivity contribution >= 4 is 17.5 Å². The summed E-state index contributed by atoms with van der Waals surface area (Å²) in [6.45, 7) is 2.87. The first kappa shape index (κ1) is 20.1. The van der Waals surface area contributed by atoms with Crippen molar-refractivity contribution in [3.63, 3.8) is 0 Å². The van der Waals surface area contributed by atoms with Gasteiger partial charge >= 0.3 is 0 Å². The van der Waals surface area contributed by atoms with E-state index in [0.29, 0.717) is 35.2 Å². The topological polar surface area (TPSA) is 50.8 Å². The Balaban J connectivity index is 2.12. The van der Waals surface area contributed by atoms with Crippen LogP contribution in [-0.4, -0.2) is 45.2 Å². The first-order valence-electron chi connectivity index (χ1n) is 8.47. The highest BCUT2D eigenvalue weighted by Gasteiger charge is 2.19. The summed E-state index contributed by atoms with van der Waals surface area (Å²) in [6.07, 6.45) is 0. The molecule has 0 radical (unpaired) electrons. The van der Waals surface area contributed by atoms with Gasteiger partial charge in [0.1, 0.15) is 0 Å². The van der Waals surface area contributed by atoms with Crippen LogP contribution >= 0.6 is 11.6 Å². The van der Waals surface area contributed by atoms with E-state index in [1.165, 1.54) is 0 Å². The summed E-state index contributed by atoms with van der Waals surface area (Å²) in [5.41, 5.74) is 1.49. The molecule has 0 aromatic heterocycles. The molecule has 0 spiro atoms. The molecular formula is C20H25ClN2O3. The third-order valence-electron chi connectivity index (χ3n) is 4.07. The maximum absolute atomic E-state index is 12.6. The van der Waals surface area contributed by atoms with Crippen LogP contribution in [0.2, 0.25) is 5.02 Å². The molecule has 0 aliphatic heterocycles. The Hall–Kier alpha value is -2.24. The van der Waals surface area contributed by atoms with Crippen molar-refractivity contribution in [1.82, 2.24) is 10.2 Å². The molecule has 0 heterocycles. The van der Waals surface area contributed by atoms with Crippen LogP contribution < -0.4 is 14.8 Å². The van der Waals surface area contributed by atoms with Gasteiger partial charge in [-0.15, -0.1) is 0 Å². The Morgan fingerprint density at radius 3 is 2.54 bits per heavy atom. The number of rotatable bonds is 8. The summed E-state index contributed by atoms with van der Waals surface area (Å²) < 4.78 is 10.8. The highest BCUT2D eigenvalue weighted by molar-refractivity contribution is 6.31. The zero-order valence-electron chi connectivity index (χ0n) is 15.6. The van der Waals surface area contributed by atoms with Crippen molar-refractivity contribution in [2.45, 2.75) is 13.0 Å². The van der Waals surface area contributed by atoms with E-state index in [-0.39, 0.29) is 11.9 Å². The summed E-state index contributed by atoms with van der Waals surface area (Å²) >= 11 is 6.31. The zero-order chi connectivity index (χ0) is 19.1. The fourth-order valence-electron chi connectivity index (χ4n) is 2.69. The number of nitrogens with zero attached hydrogens (tertiary/aromatic N) is 1. The van der Waals surface area contributed by atoms with Crippen LogP contribution in [0.25, 0.3) is 0 Å². The Kier molecular flexibility index (Phi) is 7.30. The number of amides is 1. The van der Waals surface area contributed by atoms with Gasteiger partial charge in [-0.3, -0.25) is 4.79 Å². The lowest BCUT2D eigenvalue weighted by Gasteiger charge is -2.26. The molecule has 0 aliphatic carbocycles. The normalized spacial score (nSPS) is 11.9. The summed E-state index contributed by atoms with van der Waals surface area (Å²) in [6, 6.07) is 12.8. The Bertz CT molecular complexity index is 750. The third kappa shape index (κ3) is 4.90. The molecule has 1 N–H and O–H groups in total. The van der Waals surface area contributed by atoms with Crippen LogP contribution in [0.1, 0.15) is 28.9 Å². The summed E-state index contributed by atoms with van der Waals surface area (Å²) in [5, 5.41) is 3.66. The molecule has 140 valence electrons. The molecule has 2 rings (SSSR count). The molecule has 2 aromatic rings. The van der Waals surface area contributed by atoms with Gasteiger partial charge in [0.25, 0.3) is 5.91 Å². The molecule has 0 bridgehead atoms. The summed E-state index contributed by atoms with van der Waals surface area (Å²) in [7, 11) is 5.47. The second-order valence-corrected chi connectivity index (χ2v) is 6.42. The van der Waals surface area contributed by atoms with Crippen LogP contribution in [0.15, 0.2) is 42.5 Å². The molecule has 1 atom stereocenters. The van der Waals surface area contributed by atoms with Gasteiger partial charge in [0.05, 0.1) is 19.8 Å². The van der Waals surface area contributed by atoms with E-state index >= 15 is 0 Å². The van der Waals surface area contributed by atoms with E-state index in [1.54, 1.807) is 25.3 Å². The van der Waals surface area contributed by atoms with Gasteiger partial charge in [0.15, 0.2) is 11.5 Å². The first-order chi connectivity index (χ1) is 12.5. The average molecular weight is 377 g/mol. The van der Waals surface area contributed by atoms with Crippen molar-refractivity contribution in [3.05, 3.63) is 58.6 Å². The average Bonchev–Trinajstić information content (AvgIpc) is 2.63. The van der Waals surface area contributed by atoms with Crippen LogP contribution in [0, 0.1) is 0 Å². The van der Waals surface area contributed by atoms with Crippen molar-refractivity contribution in [2.75, 3.05) is 34.4 Å². The fraction of sp³-hybridized carbons (Fsp3) is 0.350. The predicted molar refractivity (Wildman–Crippen MR) is 104 cm³/mol. The second-order valence-electron chi connectivity index (χ2n) is 6.01. The van der Waals surface area contributed by atoms with E-state index in [1.807, 2.05) is 50.2 Å². The molecule has 0 saturated carbocycles. The lowest BCUT2D eigenvalue weighted by molar-refractivity contribution is 0.0941. The monoisotopic (exact) mass is 376 g/mol. The molecule has 1 unspecified atom stereocenters. The third-order valence-corrected chi connectivity index (χ3v) is 4.41. The minimum atomic E-state index is -0.176. The highest BCUT2D eigenvalue weighted by atomic mass is 35.5. The Labute approximate surface area is 159 Å². The van der Waals surface area contributed by atoms with E-state index in [0.717, 1.165) is 5.56 Å². The summed E-state index contributed by atoms with van der Waals surface area (Å²) in [4.78, 5) is 14.6. The lowest BCUT2D eigenvalue weighted by atomic mass is 10.1. The van der Waals surface area contributed by atoms with Crippen molar-refractivity contribution in [3.8, 4) is 11.5 Å². The first-order valence-corrected chi connectivity index (χ1v) is 8.85. The number of hydrogen-bond donors (Lipinski definition) is 1. The largest absolute Gasteiger partial charge is 0.493 e. The smallest absolute Gasteiger partial charge is 0.251 e. The number of nitrogens with one attached hydrogen (secondary N) is 1. The molecule has 0 fully saturated rings. The molecule has 0 aliphatic rings. The number of hydrogen-bond acceptors (Lipinski definition) is 4. The quantitative estimate of drug-likeness (QED) is 0.761. The van der Waals surface area contributed by atoms with Gasteiger partial charge in [-0.1, -0.05) is 29.8 Å². The van der Waals surface area contributed by atoms with Crippen molar-refractivity contribution in [1.29, 1.82) is 0 Å². The highest BCUT2D eigenvalue weighted by Crippen LogP contribution is 2.28. The lowest BCUT2D eigenvalue weighted by Crippen LogP contribution is -2.34. The molecule has 6 heteroatoms. The molecular weight excluding hydrogens is 352 g/mol. The SMILES string of the molecule is CCOc1ccc(C(=O)NCC(c2ccccc2Cl)N(C)C)cc1OC. The molecule has 2 aromatic carbocycles. The molecule has 1 amide bonds. The van der Waals surface area contributed by atoms with Crippen LogP contribution in [0.5, 0.6) is 11.5 Å². The van der Waals surface area contributed by atoms with Gasteiger partial charge < -0.3 is 19.7 Å². The minimum Gasteiger partial charge on any atom is -0.493 e. The number of methoxy groups -OCH3 is 1. The maximum Gasteiger partial charge on any atom is 0.251 e. The van der Waals surface area contributed by atoms with Gasteiger partial charge in [-0.25, -0.2) is 0 Å². The Morgan fingerprint density at radius 2 is 1.92 bits per heavy atom. The predicted octanol–water partition coefficient (Wildman–Crippen LogP) is 3.78. The van der Waals surface area contributed by atoms with E-state index < -0.39 is 0 Å². The van der Waals surface area contributed by atoms with E-state index in [4.69, 9.17) is 21.1 Å². The maximum atomic E-state index is 12.6. The number of halogens is 1. The minimum absolute atomic E-state index is 0.0303. The van der Waals surface area contributed by atoms with Crippen LogP contribution in [0.3, 0.4) is 0 Å². The Morgan fingerprint density at radius 1 is 1.19 bits per heavy atom. The van der Waals surface area contributed by atoms with Crippen LogP contribution in [0.4, 0.5) is 0 Å². The number of carbonyl (C=O) groups excluding carboxylic acids is 1. The number of carbonyl (C=O) groups is 1. The van der Waals surface area contributed by atoms with Crippen molar-refractivity contribution < 1.29 is 14.3 Å². The van der Waals surface area contributed by atoms with E-state index in [2.05, 4.69) is 5.32 Å². The second kappa shape index (κ2) is 9.46. The summed E-state index contributed by atoms with van der Waals surface area (Å²) in [5.74, 6) is 0.980. The van der Waals surface area contributed by atoms with Gasteiger partial charge in [-0.05, 0) is 50.8 Å². The fourth-order valence-corrected chi connectivity index (χ4v) is 2.95. The van der Waals surface area contributed by atoms with Crippen molar-refractivity contribution in [2.24, 2.45) is 0 Å².